The smallest absolute Gasteiger partial charge is 0.260 e. The van der Waals surface area contributed by atoms with E-state index >= 15 is 0 Å². The van der Waals surface area contributed by atoms with Gasteiger partial charge in [-0.3, -0.25) is 14.4 Å². The fourth-order valence-electron chi connectivity index (χ4n) is 4.07. The Balaban J connectivity index is 1.61. The van der Waals surface area contributed by atoms with Crippen LogP contribution in [0.15, 0.2) is 40.1 Å². The van der Waals surface area contributed by atoms with Gasteiger partial charge in [0.2, 0.25) is 0 Å². The number of pyridine rings is 1. The van der Waals surface area contributed by atoms with Gasteiger partial charge in [-0.15, -0.1) is 0 Å². The maximum atomic E-state index is 12.8. The first-order valence-corrected chi connectivity index (χ1v) is 9.97. The van der Waals surface area contributed by atoms with Crippen LogP contribution in [0.2, 0.25) is 0 Å². The molecule has 1 N–H and O–H groups in total. The molecule has 0 fully saturated rings. The van der Waals surface area contributed by atoms with Gasteiger partial charge in [-0.25, -0.2) is 0 Å². The number of hydrogen-bond donors (Lipinski definition) is 1. The SMILES string of the molecule is CCCCCCCCNc1ccc2c(=O)n3c(c4cccc1c24)=NCC3. The number of nitrogens with zero attached hydrogens (tertiary/aromatic N) is 2. The van der Waals surface area contributed by atoms with Crippen molar-refractivity contribution in [2.24, 2.45) is 4.99 Å². The number of hydrogen-bond acceptors (Lipinski definition) is 3. The highest BCUT2D eigenvalue weighted by Gasteiger charge is 2.16. The zero-order valence-corrected chi connectivity index (χ0v) is 15.6. The third kappa shape index (κ3) is 2.98. The van der Waals surface area contributed by atoms with Gasteiger partial charge in [0.25, 0.3) is 5.56 Å². The van der Waals surface area contributed by atoms with Crippen molar-refractivity contribution in [2.75, 3.05) is 18.4 Å². The summed E-state index contributed by atoms with van der Waals surface area (Å²) in [6, 6.07) is 10.3. The van der Waals surface area contributed by atoms with E-state index in [1.54, 1.807) is 0 Å². The van der Waals surface area contributed by atoms with Crippen molar-refractivity contribution in [2.45, 2.75) is 52.0 Å². The molecule has 0 bridgehead atoms. The normalized spacial score (nSPS) is 13.3. The second-order valence-electron chi connectivity index (χ2n) is 7.25. The Morgan fingerprint density at radius 2 is 1.81 bits per heavy atom. The lowest BCUT2D eigenvalue weighted by molar-refractivity contribution is 0.617. The molecule has 4 nitrogen and oxygen atoms in total. The number of fused-ring (bicyclic) bond motifs is 2. The van der Waals surface area contributed by atoms with Crippen LogP contribution in [-0.4, -0.2) is 17.7 Å². The van der Waals surface area contributed by atoms with E-state index in [4.69, 9.17) is 0 Å². The molecular weight excluding hydrogens is 322 g/mol. The molecule has 0 radical (unpaired) electrons. The minimum atomic E-state index is 0.0902. The summed E-state index contributed by atoms with van der Waals surface area (Å²) in [6.07, 6.45) is 7.77. The molecule has 0 amide bonds. The monoisotopic (exact) mass is 349 g/mol. The number of anilines is 1. The van der Waals surface area contributed by atoms with Crippen molar-refractivity contribution >= 4 is 27.2 Å². The van der Waals surface area contributed by atoms with Crippen LogP contribution in [0.25, 0.3) is 21.5 Å². The van der Waals surface area contributed by atoms with Crippen molar-refractivity contribution < 1.29 is 0 Å². The largest absolute Gasteiger partial charge is 0.385 e. The second-order valence-corrected chi connectivity index (χ2v) is 7.25. The molecule has 0 aliphatic carbocycles. The van der Waals surface area contributed by atoms with Crippen LogP contribution in [0.5, 0.6) is 0 Å². The van der Waals surface area contributed by atoms with E-state index in [-0.39, 0.29) is 5.56 Å². The van der Waals surface area contributed by atoms with Gasteiger partial charge >= 0.3 is 0 Å². The van der Waals surface area contributed by atoms with Crippen molar-refractivity contribution in [1.29, 1.82) is 0 Å². The molecule has 3 aromatic rings. The van der Waals surface area contributed by atoms with E-state index in [1.807, 2.05) is 10.6 Å². The number of nitrogens with one attached hydrogen (secondary N) is 1. The van der Waals surface area contributed by atoms with Crippen LogP contribution >= 0.6 is 0 Å². The van der Waals surface area contributed by atoms with E-state index in [1.165, 1.54) is 38.5 Å². The molecule has 0 saturated heterocycles. The lowest BCUT2D eigenvalue weighted by atomic mass is 10.0. The standard InChI is InChI=1S/C22H27N3O/c1-2-3-4-5-6-7-13-23-19-12-11-18-20-16(19)9-8-10-17(20)21-24-14-15-25(21)22(18)26/h8-12,23H,2-7,13-15H2,1H3. The van der Waals surface area contributed by atoms with Crippen LogP contribution < -0.4 is 16.4 Å². The third-order valence-electron chi connectivity index (χ3n) is 5.44. The number of unbranched alkanes of at least 4 members (excludes halogenated alkanes) is 5. The van der Waals surface area contributed by atoms with Crippen LogP contribution in [-0.2, 0) is 6.54 Å². The topological polar surface area (TPSA) is 46.4 Å². The zero-order valence-electron chi connectivity index (χ0n) is 15.6. The summed E-state index contributed by atoms with van der Waals surface area (Å²) in [5, 5.41) is 7.68. The highest BCUT2D eigenvalue weighted by molar-refractivity contribution is 6.13. The molecule has 26 heavy (non-hydrogen) atoms. The van der Waals surface area contributed by atoms with Gasteiger partial charge in [0, 0.05) is 40.3 Å². The van der Waals surface area contributed by atoms with Crippen LogP contribution in [0, 0.1) is 0 Å². The van der Waals surface area contributed by atoms with Gasteiger partial charge in [0.05, 0.1) is 6.54 Å². The van der Waals surface area contributed by atoms with E-state index in [2.05, 4.69) is 41.5 Å². The van der Waals surface area contributed by atoms with Gasteiger partial charge in [-0.05, 0) is 18.6 Å². The molecule has 136 valence electrons. The molecule has 1 aliphatic heterocycles. The van der Waals surface area contributed by atoms with Crippen molar-refractivity contribution in [3.63, 3.8) is 0 Å². The van der Waals surface area contributed by atoms with Crippen molar-refractivity contribution in [1.82, 2.24) is 4.57 Å². The number of aromatic nitrogens is 1. The van der Waals surface area contributed by atoms with Gasteiger partial charge in [0.1, 0.15) is 5.49 Å². The highest BCUT2D eigenvalue weighted by atomic mass is 16.1. The Morgan fingerprint density at radius 1 is 1.00 bits per heavy atom. The molecule has 0 unspecified atom stereocenters. The van der Waals surface area contributed by atoms with Crippen molar-refractivity contribution in [3.8, 4) is 0 Å². The maximum absolute atomic E-state index is 12.8. The van der Waals surface area contributed by atoms with Gasteiger partial charge in [0.15, 0.2) is 0 Å². The Labute approximate surface area is 153 Å². The average Bonchev–Trinajstić information content (AvgIpc) is 3.16. The summed E-state index contributed by atoms with van der Waals surface area (Å²) in [4.78, 5) is 17.4. The van der Waals surface area contributed by atoms with Crippen molar-refractivity contribution in [3.05, 3.63) is 46.2 Å². The summed E-state index contributed by atoms with van der Waals surface area (Å²) in [5.41, 5.74) is 2.06. The zero-order chi connectivity index (χ0) is 17.9. The second kappa shape index (κ2) is 7.48. The molecule has 0 saturated carbocycles. The summed E-state index contributed by atoms with van der Waals surface area (Å²) in [7, 11) is 0. The minimum absolute atomic E-state index is 0.0902. The first kappa shape index (κ1) is 17.1. The summed E-state index contributed by atoms with van der Waals surface area (Å²) in [6.45, 7) is 4.63. The van der Waals surface area contributed by atoms with E-state index < -0.39 is 0 Å². The Bertz CT molecular complexity index is 1040. The predicted octanol–water partition coefficient (Wildman–Crippen LogP) is 4.28. The van der Waals surface area contributed by atoms with Gasteiger partial charge in [-0.2, -0.15) is 0 Å². The molecule has 1 aliphatic rings. The summed E-state index contributed by atoms with van der Waals surface area (Å²) in [5.74, 6) is 0. The average molecular weight is 349 g/mol. The Kier molecular flexibility index (Phi) is 4.91. The highest BCUT2D eigenvalue weighted by Crippen LogP contribution is 2.29. The molecule has 2 aromatic carbocycles. The lowest BCUT2D eigenvalue weighted by Gasteiger charge is -2.13. The van der Waals surface area contributed by atoms with Gasteiger partial charge in [-0.1, -0.05) is 57.2 Å². The molecule has 4 rings (SSSR count). The lowest BCUT2D eigenvalue weighted by Crippen LogP contribution is -2.30. The quantitative estimate of drug-likeness (QED) is 0.617. The first-order valence-electron chi connectivity index (χ1n) is 9.97. The van der Waals surface area contributed by atoms with E-state index in [0.29, 0.717) is 13.1 Å². The van der Waals surface area contributed by atoms with Crippen LogP contribution in [0.1, 0.15) is 45.4 Å². The number of benzene rings is 2. The molecule has 4 heteroatoms. The Morgan fingerprint density at radius 3 is 2.69 bits per heavy atom. The summed E-state index contributed by atoms with van der Waals surface area (Å²) >= 11 is 0. The minimum Gasteiger partial charge on any atom is -0.385 e. The predicted molar refractivity (Wildman–Crippen MR) is 109 cm³/mol. The molecule has 0 atom stereocenters. The summed E-state index contributed by atoms with van der Waals surface area (Å²) < 4.78 is 1.82. The first-order chi connectivity index (χ1) is 12.8. The van der Waals surface area contributed by atoms with E-state index in [9.17, 15) is 4.79 Å². The third-order valence-corrected chi connectivity index (χ3v) is 5.44. The Hall–Kier alpha value is -2.36. The molecule has 1 aromatic heterocycles. The van der Waals surface area contributed by atoms with Gasteiger partial charge < -0.3 is 5.32 Å². The van der Waals surface area contributed by atoms with E-state index in [0.717, 1.165) is 39.3 Å². The maximum Gasteiger partial charge on any atom is 0.260 e. The molecular formula is C22H27N3O. The fourth-order valence-corrected chi connectivity index (χ4v) is 4.07. The molecule has 2 heterocycles. The number of rotatable bonds is 8. The van der Waals surface area contributed by atoms with Crippen LogP contribution in [0.4, 0.5) is 5.69 Å². The van der Waals surface area contributed by atoms with Crippen LogP contribution in [0.3, 0.4) is 0 Å². The molecule has 0 spiro atoms. The fraction of sp³-hybridized carbons (Fsp3) is 0.455.